The van der Waals surface area contributed by atoms with E-state index < -0.39 is 0 Å². The van der Waals surface area contributed by atoms with Crippen LogP contribution in [0.25, 0.3) is 0 Å². The van der Waals surface area contributed by atoms with Gasteiger partial charge in [0, 0.05) is 37.3 Å². The fraction of sp³-hybridized carbons (Fsp3) is 1.00. The maximum absolute atomic E-state index is 5.63. The van der Waals surface area contributed by atoms with Crippen molar-refractivity contribution in [2.75, 3.05) is 32.8 Å². The number of piperazine rings is 1. The lowest BCUT2D eigenvalue weighted by Gasteiger charge is -2.56. The average molecular weight is 294 g/mol. The zero-order chi connectivity index (χ0) is 14.8. The van der Waals surface area contributed by atoms with Gasteiger partial charge in [-0.15, -0.1) is 0 Å². The number of nitrogens with one attached hydrogen (secondary N) is 1. The standard InChI is InChI=1S/C18H34N2O/c1-3-18(4-2)14-19-17(9-6-5-7-10-17)15-20(18)12-16-8-11-21-13-16/h16,19H,3-15H2,1-2H3. The fourth-order valence-corrected chi connectivity index (χ4v) is 4.86. The molecule has 2 saturated heterocycles. The minimum absolute atomic E-state index is 0.380. The van der Waals surface area contributed by atoms with E-state index in [1.807, 2.05) is 0 Å². The molecule has 122 valence electrons. The van der Waals surface area contributed by atoms with E-state index in [2.05, 4.69) is 24.1 Å². The Bertz CT molecular complexity index is 328. The summed E-state index contributed by atoms with van der Waals surface area (Å²) >= 11 is 0. The molecule has 2 heterocycles. The predicted molar refractivity (Wildman–Crippen MR) is 87.6 cm³/mol. The fourth-order valence-electron chi connectivity index (χ4n) is 4.86. The summed E-state index contributed by atoms with van der Waals surface area (Å²) in [4.78, 5) is 2.87. The second kappa shape index (κ2) is 6.55. The van der Waals surface area contributed by atoms with Gasteiger partial charge in [0.15, 0.2) is 0 Å². The van der Waals surface area contributed by atoms with Gasteiger partial charge in [-0.05, 0) is 38.0 Å². The molecule has 3 rings (SSSR count). The van der Waals surface area contributed by atoms with E-state index in [0.717, 1.165) is 19.1 Å². The molecular formula is C18H34N2O. The smallest absolute Gasteiger partial charge is 0.0507 e. The highest BCUT2D eigenvalue weighted by molar-refractivity contribution is 5.05. The minimum atomic E-state index is 0.380. The van der Waals surface area contributed by atoms with Gasteiger partial charge >= 0.3 is 0 Å². The van der Waals surface area contributed by atoms with E-state index in [1.165, 1.54) is 71.0 Å². The number of ether oxygens (including phenoxy) is 1. The number of hydrogen-bond acceptors (Lipinski definition) is 3. The highest BCUT2D eigenvalue weighted by atomic mass is 16.5. The summed E-state index contributed by atoms with van der Waals surface area (Å²) in [6, 6.07) is 0. The van der Waals surface area contributed by atoms with Crippen molar-refractivity contribution in [1.82, 2.24) is 10.2 Å². The first-order valence-electron chi connectivity index (χ1n) is 9.30. The first kappa shape index (κ1) is 15.8. The van der Waals surface area contributed by atoms with Crippen molar-refractivity contribution < 1.29 is 4.74 Å². The molecule has 0 aromatic heterocycles. The molecule has 21 heavy (non-hydrogen) atoms. The molecule has 0 aromatic rings. The van der Waals surface area contributed by atoms with Gasteiger partial charge in [-0.1, -0.05) is 33.1 Å². The Morgan fingerprint density at radius 1 is 1.14 bits per heavy atom. The Labute approximate surface area is 130 Å². The van der Waals surface area contributed by atoms with Crippen LogP contribution in [0.15, 0.2) is 0 Å². The molecule has 3 aliphatic rings. The molecule has 0 aromatic carbocycles. The first-order chi connectivity index (χ1) is 10.2. The van der Waals surface area contributed by atoms with Crippen molar-refractivity contribution in [3.63, 3.8) is 0 Å². The van der Waals surface area contributed by atoms with Crippen LogP contribution < -0.4 is 5.32 Å². The summed E-state index contributed by atoms with van der Waals surface area (Å²) in [7, 11) is 0. The Kier molecular flexibility index (Phi) is 4.92. The van der Waals surface area contributed by atoms with E-state index in [9.17, 15) is 0 Å². The summed E-state index contributed by atoms with van der Waals surface area (Å²) in [5.74, 6) is 0.765. The predicted octanol–water partition coefficient (Wildman–Crippen LogP) is 3.19. The highest BCUT2D eigenvalue weighted by Gasteiger charge is 2.46. The van der Waals surface area contributed by atoms with E-state index in [0.29, 0.717) is 11.1 Å². The quantitative estimate of drug-likeness (QED) is 0.862. The molecule has 3 heteroatoms. The van der Waals surface area contributed by atoms with E-state index in [-0.39, 0.29) is 0 Å². The van der Waals surface area contributed by atoms with E-state index >= 15 is 0 Å². The lowest BCUT2D eigenvalue weighted by atomic mass is 9.75. The van der Waals surface area contributed by atoms with Crippen LogP contribution in [0.4, 0.5) is 0 Å². The lowest BCUT2D eigenvalue weighted by molar-refractivity contribution is -0.0241. The van der Waals surface area contributed by atoms with Crippen molar-refractivity contribution in [1.29, 1.82) is 0 Å². The number of hydrogen-bond donors (Lipinski definition) is 1. The summed E-state index contributed by atoms with van der Waals surface area (Å²) < 4.78 is 5.63. The second-order valence-electron chi connectivity index (χ2n) is 7.74. The minimum Gasteiger partial charge on any atom is -0.381 e. The summed E-state index contributed by atoms with van der Waals surface area (Å²) in [6.07, 6.45) is 10.8. The molecule has 1 saturated carbocycles. The van der Waals surface area contributed by atoms with Crippen LogP contribution in [0.3, 0.4) is 0 Å². The number of rotatable bonds is 4. The summed E-state index contributed by atoms with van der Waals surface area (Å²) in [5, 5.41) is 4.01. The third-order valence-corrected chi connectivity index (χ3v) is 6.59. The van der Waals surface area contributed by atoms with Crippen molar-refractivity contribution in [3.05, 3.63) is 0 Å². The molecule has 1 N–H and O–H groups in total. The van der Waals surface area contributed by atoms with Gasteiger partial charge in [0.2, 0.25) is 0 Å². The van der Waals surface area contributed by atoms with Crippen LogP contribution in [-0.4, -0.2) is 48.8 Å². The van der Waals surface area contributed by atoms with Crippen LogP contribution in [0.2, 0.25) is 0 Å². The van der Waals surface area contributed by atoms with Gasteiger partial charge < -0.3 is 10.1 Å². The van der Waals surface area contributed by atoms with Crippen molar-refractivity contribution in [2.45, 2.75) is 76.3 Å². The van der Waals surface area contributed by atoms with Crippen LogP contribution >= 0.6 is 0 Å². The van der Waals surface area contributed by atoms with Gasteiger partial charge in [-0.25, -0.2) is 0 Å². The normalized spacial score (nSPS) is 32.6. The van der Waals surface area contributed by atoms with E-state index in [1.54, 1.807) is 0 Å². The monoisotopic (exact) mass is 294 g/mol. The number of nitrogens with zero attached hydrogens (tertiary/aromatic N) is 1. The van der Waals surface area contributed by atoms with Crippen LogP contribution in [0, 0.1) is 5.92 Å². The molecule has 0 amide bonds. The van der Waals surface area contributed by atoms with Crippen molar-refractivity contribution >= 4 is 0 Å². The molecule has 0 radical (unpaired) electrons. The Morgan fingerprint density at radius 2 is 1.90 bits per heavy atom. The molecule has 0 bridgehead atoms. The molecule has 1 spiro atoms. The van der Waals surface area contributed by atoms with Crippen LogP contribution in [-0.2, 0) is 4.74 Å². The highest BCUT2D eigenvalue weighted by Crippen LogP contribution is 2.38. The Hall–Kier alpha value is -0.120. The second-order valence-corrected chi connectivity index (χ2v) is 7.74. The average Bonchev–Trinajstić information content (AvgIpc) is 3.02. The van der Waals surface area contributed by atoms with Gasteiger partial charge in [0.25, 0.3) is 0 Å². The molecular weight excluding hydrogens is 260 g/mol. The Morgan fingerprint density at radius 3 is 2.52 bits per heavy atom. The zero-order valence-electron chi connectivity index (χ0n) is 14.1. The van der Waals surface area contributed by atoms with Gasteiger partial charge in [-0.2, -0.15) is 0 Å². The lowest BCUT2D eigenvalue weighted by Crippen LogP contribution is -2.70. The molecule has 3 fully saturated rings. The maximum Gasteiger partial charge on any atom is 0.0507 e. The topological polar surface area (TPSA) is 24.5 Å². The molecule has 1 aliphatic carbocycles. The molecule has 1 unspecified atom stereocenters. The third kappa shape index (κ3) is 3.16. The van der Waals surface area contributed by atoms with Crippen molar-refractivity contribution in [3.8, 4) is 0 Å². The summed E-state index contributed by atoms with van der Waals surface area (Å²) in [5.41, 5.74) is 0.802. The molecule has 2 aliphatic heterocycles. The van der Waals surface area contributed by atoms with Gasteiger partial charge in [0.1, 0.15) is 0 Å². The van der Waals surface area contributed by atoms with Crippen molar-refractivity contribution in [2.24, 2.45) is 5.92 Å². The zero-order valence-corrected chi connectivity index (χ0v) is 14.1. The van der Waals surface area contributed by atoms with Crippen LogP contribution in [0.5, 0.6) is 0 Å². The van der Waals surface area contributed by atoms with Gasteiger partial charge in [0.05, 0.1) is 6.61 Å². The molecule has 3 nitrogen and oxygen atoms in total. The first-order valence-corrected chi connectivity index (χ1v) is 9.30. The Balaban J connectivity index is 1.73. The SMILES string of the molecule is CCC1(CC)CNC2(CCCCC2)CN1CC1CCOC1. The summed E-state index contributed by atoms with van der Waals surface area (Å²) in [6.45, 7) is 10.4. The third-order valence-electron chi connectivity index (χ3n) is 6.59. The molecule has 1 atom stereocenters. The van der Waals surface area contributed by atoms with Crippen LogP contribution in [0.1, 0.15) is 65.2 Å². The largest absolute Gasteiger partial charge is 0.381 e. The van der Waals surface area contributed by atoms with E-state index in [4.69, 9.17) is 4.74 Å². The van der Waals surface area contributed by atoms with Gasteiger partial charge in [-0.3, -0.25) is 4.90 Å². The maximum atomic E-state index is 5.63.